The fourth-order valence-electron chi connectivity index (χ4n) is 11.2. The molecule has 0 spiro atoms. The monoisotopic (exact) mass is 1020 g/mol. The predicted octanol–water partition coefficient (Wildman–Crippen LogP) is 20.6. The first kappa shape index (κ1) is 56.5. The van der Waals surface area contributed by atoms with Crippen molar-refractivity contribution in [1.29, 1.82) is 0 Å². The van der Waals surface area contributed by atoms with Gasteiger partial charge in [0.15, 0.2) is 0 Å². The van der Waals surface area contributed by atoms with E-state index in [-0.39, 0.29) is 11.8 Å². The molecule has 0 N–H and O–H groups in total. The molecule has 0 aromatic carbocycles. The molecule has 70 heavy (non-hydrogen) atoms. The third kappa shape index (κ3) is 14.7. The van der Waals surface area contributed by atoms with Crippen LogP contribution in [0.4, 0.5) is 0 Å². The van der Waals surface area contributed by atoms with Crippen molar-refractivity contribution in [1.82, 2.24) is 9.80 Å². The Morgan fingerprint density at radius 2 is 0.700 bits per heavy atom. The van der Waals surface area contributed by atoms with Crippen molar-refractivity contribution in [2.24, 2.45) is 11.8 Å². The number of unbranched alkanes of at least 4 members (excludes halogenated alkanes) is 16. The number of amides is 2. The lowest BCUT2D eigenvalue weighted by atomic mass is 9.93. The van der Waals surface area contributed by atoms with Crippen molar-refractivity contribution in [3.63, 3.8) is 0 Å². The van der Waals surface area contributed by atoms with Crippen LogP contribution in [0.15, 0.2) is 47.5 Å². The number of carbonyl (C=O) groups excluding carboxylic acids is 2. The van der Waals surface area contributed by atoms with Crippen molar-refractivity contribution >= 4 is 68.6 Å². The van der Waals surface area contributed by atoms with Gasteiger partial charge in [0.05, 0.1) is 32.3 Å². The quantitative estimate of drug-likeness (QED) is 0.0438. The summed E-state index contributed by atoms with van der Waals surface area (Å²) in [5.74, 6) is 1.80. The van der Waals surface area contributed by atoms with Crippen LogP contribution in [-0.4, -0.2) is 34.7 Å². The predicted molar refractivity (Wildman–Crippen MR) is 311 cm³/mol. The number of aryl methyl sites for hydroxylation is 2. The largest absolute Gasteiger partial charge is 0.306 e. The lowest BCUT2D eigenvalue weighted by Gasteiger charge is -2.29. The maximum atomic E-state index is 15.9. The molecule has 0 aliphatic carbocycles. The van der Waals surface area contributed by atoms with Gasteiger partial charge in [-0.1, -0.05) is 184 Å². The Labute approximate surface area is 442 Å². The topological polar surface area (TPSA) is 40.6 Å². The second-order valence-corrected chi connectivity index (χ2v) is 26.1. The Morgan fingerprint density at radius 1 is 0.400 bits per heavy atom. The molecular formula is C62H92N2O2S4. The minimum Gasteiger partial charge on any atom is -0.306 e. The summed E-state index contributed by atoms with van der Waals surface area (Å²) in [5, 5.41) is 0. The highest BCUT2D eigenvalue weighted by Crippen LogP contribution is 2.52. The van der Waals surface area contributed by atoms with E-state index in [1.807, 2.05) is 22.7 Å². The molecule has 2 aliphatic heterocycles. The average molecular weight is 1030 g/mol. The highest BCUT2D eigenvalue weighted by atomic mass is 32.1. The first-order valence-electron chi connectivity index (χ1n) is 28.5. The third-order valence-electron chi connectivity index (χ3n) is 15.1. The van der Waals surface area contributed by atoms with E-state index < -0.39 is 0 Å². The van der Waals surface area contributed by atoms with Gasteiger partial charge in [-0.25, -0.2) is 0 Å². The molecule has 4 aromatic heterocycles. The molecule has 2 atom stereocenters. The maximum Gasteiger partial charge on any atom is 0.261 e. The van der Waals surface area contributed by atoms with E-state index >= 15 is 9.59 Å². The summed E-state index contributed by atoms with van der Waals surface area (Å²) in [6.07, 6.45) is 29.6. The first-order valence-corrected chi connectivity index (χ1v) is 31.7. The van der Waals surface area contributed by atoms with Crippen molar-refractivity contribution in [3.8, 4) is 19.5 Å². The van der Waals surface area contributed by atoms with E-state index in [0.29, 0.717) is 47.9 Å². The Bertz CT molecular complexity index is 2150. The van der Waals surface area contributed by atoms with E-state index in [0.717, 1.165) is 46.8 Å². The minimum absolute atomic E-state index is 0.0424. The van der Waals surface area contributed by atoms with E-state index in [9.17, 15) is 0 Å². The lowest BCUT2D eigenvalue weighted by Crippen LogP contribution is -2.34. The van der Waals surface area contributed by atoms with Gasteiger partial charge in [0.25, 0.3) is 11.8 Å². The Kier molecular flexibility index (Phi) is 23.1. The molecule has 2 unspecified atom stereocenters. The number of hydrogen-bond acceptors (Lipinski definition) is 6. The van der Waals surface area contributed by atoms with Crippen LogP contribution < -0.4 is 0 Å². The van der Waals surface area contributed by atoms with Crippen LogP contribution in [0, 0.1) is 25.7 Å². The molecule has 0 saturated carbocycles. The van der Waals surface area contributed by atoms with Crippen LogP contribution in [-0.2, 0) is 9.59 Å². The number of thiophene rings is 4. The summed E-state index contributed by atoms with van der Waals surface area (Å²) in [4.78, 5) is 46.0. The summed E-state index contributed by atoms with van der Waals surface area (Å²) in [7, 11) is 0. The normalized spacial score (nSPS) is 15.1. The van der Waals surface area contributed by atoms with Crippen LogP contribution in [0.2, 0.25) is 0 Å². The molecule has 2 aliphatic rings. The first-order chi connectivity index (χ1) is 33.9. The van der Waals surface area contributed by atoms with Gasteiger partial charge < -0.3 is 9.80 Å². The third-order valence-corrected chi connectivity index (χ3v) is 20.7. The zero-order chi connectivity index (χ0) is 50.2. The van der Waals surface area contributed by atoms with Crippen LogP contribution in [0.5, 0.6) is 0 Å². The number of rotatable bonds is 34. The molecule has 6 rings (SSSR count). The van der Waals surface area contributed by atoms with Gasteiger partial charge in [-0.05, 0) is 111 Å². The summed E-state index contributed by atoms with van der Waals surface area (Å²) in [6, 6.07) is 13.7. The summed E-state index contributed by atoms with van der Waals surface area (Å²) >= 11 is 7.35. The van der Waals surface area contributed by atoms with Crippen molar-refractivity contribution in [2.75, 3.05) is 13.1 Å². The lowest BCUT2D eigenvalue weighted by molar-refractivity contribution is -0.124. The Balaban J connectivity index is 1.47. The minimum atomic E-state index is 0.0424. The summed E-state index contributed by atoms with van der Waals surface area (Å²) in [6.45, 7) is 24.1. The summed E-state index contributed by atoms with van der Waals surface area (Å²) in [5.41, 5.74) is 5.78. The highest BCUT2D eigenvalue weighted by Gasteiger charge is 2.50. The molecule has 0 radical (unpaired) electrons. The van der Waals surface area contributed by atoms with Crippen LogP contribution in [0.3, 0.4) is 0 Å². The van der Waals surface area contributed by atoms with Gasteiger partial charge in [-0.15, -0.1) is 45.3 Å². The average Bonchev–Trinajstić information content (AvgIpc) is 4.21. The van der Waals surface area contributed by atoms with Crippen LogP contribution in [0.25, 0.3) is 30.9 Å². The smallest absolute Gasteiger partial charge is 0.261 e. The molecule has 6 heterocycles. The fourth-order valence-corrected chi connectivity index (χ4v) is 15.8. The molecule has 0 fully saturated rings. The fraction of sp³-hybridized carbons (Fsp3) is 0.645. The van der Waals surface area contributed by atoms with Gasteiger partial charge in [0.2, 0.25) is 0 Å². The van der Waals surface area contributed by atoms with Crippen molar-refractivity contribution in [2.45, 2.75) is 235 Å². The zero-order valence-electron chi connectivity index (χ0n) is 45.5. The molecule has 386 valence electrons. The number of nitrogens with zero attached hydrogens (tertiary/aromatic N) is 2. The highest BCUT2D eigenvalue weighted by molar-refractivity contribution is 7.23. The second-order valence-electron chi connectivity index (χ2n) is 21.8. The molecule has 8 heteroatoms. The second kappa shape index (κ2) is 28.6. The van der Waals surface area contributed by atoms with E-state index in [1.165, 1.54) is 169 Å². The van der Waals surface area contributed by atoms with Crippen molar-refractivity contribution in [3.05, 3.63) is 78.2 Å². The number of fused-ring (bicyclic) bond motifs is 1. The van der Waals surface area contributed by atoms with E-state index in [4.69, 9.17) is 0 Å². The Hall–Kier alpha value is -2.78. The van der Waals surface area contributed by atoms with Crippen LogP contribution in [0.1, 0.15) is 252 Å². The standard InChI is InChI=1S/C62H92N2O2S4/c1-11-15-19-23-25-29-33-47(31-27-21-17-13-3)41-63-57(51-37-35-49(67-51)53-39-45(9)59(69-53)43(5)6)55-56(61(63)65)58(52-38-36-50(68-52)54-40-46(10)60(70-54)44(7)8)64(62(55)66)42-48(32-28-22-18-14-4)34-30-26-24-20-16-12-2/h35-40,43-44,47-48H,11-34,41-42H2,1-10H3. The van der Waals surface area contributed by atoms with Gasteiger partial charge in [-0.3, -0.25) is 9.59 Å². The molecule has 4 nitrogen and oxygen atoms in total. The SMILES string of the molecule is CCCCCCCCC(CCCCCC)CN1C(=O)C2=C(c3ccc(-c4cc(C)c(C(C)C)s4)s3)N(CC(CCCCCC)CCCCCCCC)C(=O)C2=C1c1ccc(-c2cc(C)c(C(C)C)s2)s1. The maximum absolute atomic E-state index is 15.9. The number of carbonyl (C=O) groups is 2. The molecular weight excluding hydrogens is 933 g/mol. The van der Waals surface area contributed by atoms with Gasteiger partial charge in [-0.2, -0.15) is 0 Å². The van der Waals surface area contributed by atoms with Gasteiger partial charge in [0.1, 0.15) is 0 Å². The van der Waals surface area contributed by atoms with Crippen LogP contribution >= 0.6 is 45.3 Å². The Morgan fingerprint density at radius 3 is 1.01 bits per heavy atom. The molecule has 0 saturated heterocycles. The van der Waals surface area contributed by atoms with E-state index in [2.05, 4.69) is 115 Å². The number of hydrogen-bond donors (Lipinski definition) is 0. The zero-order valence-corrected chi connectivity index (χ0v) is 48.8. The molecule has 2 amide bonds. The summed E-state index contributed by atoms with van der Waals surface area (Å²) < 4.78 is 0. The molecule has 4 aromatic rings. The molecule has 0 bridgehead atoms. The van der Waals surface area contributed by atoms with E-state index in [1.54, 1.807) is 22.7 Å². The van der Waals surface area contributed by atoms with Crippen molar-refractivity contribution < 1.29 is 9.59 Å². The van der Waals surface area contributed by atoms with Gasteiger partial charge in [0, 0.05) is 42.4 Å². The van der Waals surface area contributed by atoms with Gasteiger partial charge >= 0.3 is 0 Å².